The molecule has 1 atom stereocenters. The molecule has 2 nitrogen and oxygen atoms in total. The predicted molar refractivity (Wildman–Crippen MR) is 83.7 cm³/mol. The maximum Gasteiger partial charge on any atom is 0.131 e. The molecule has 0 heterocycles. The van der Waals surface area contributed by atoms with E-state index in [9.17, 15) is 14.8 Å². The third-order valence-corrected chi connectivity index (χ3v) is 4.28. The van der Waals surface area contributed by atoms with Gasteiger partial charge in [-0.25, -0.2) is 4.39 Å². The Bertz CT molecular complexity index is 724. The van der Waals surface area contributed by atoms with E-state index >= 15 is 0 Å². The number of nitriles is 1. The molecule has 0 amide bonds. The average molecular weight is 295 g/mol. The van der Waals surface area contributed by atoms with E-state index < -0.39 is 5.41 Å². The average Bonchev–Trinajstić information content (AvgIpc) is 3.29. The van der Waals surface area contributed by atoms with Crippen molar-refractivity contribution in [2.24, 2.45) is 0 Å². The Morgan fingerprint density at radius 3 is 2.41 bits per heavy atom. The molecule has 2 aromatic carbocycles. The van der Waals surface area contributed by atoms with E-state index in [2.05, 4.69) is 6.07 Å². The third kappa shape index (κ3) is 2.75. The Kier molecular flexibility index (Phi) is 3.72. The number of halogens is 1. The summed E-state index contributed by atoms with van der Waals surface area (Å²) in [6, 6.07) is 15.0. The summed E-state index contributed by atoms with van der Waals surface area (Å²) >= 11 is 0. The number of aliphatic hydroxyl groups is 1. The fourth-order valence-electron chi connectivity index (χ4n) is 2.80. The van der Waals surface area contributed by atoms with Crippen molar-refractivity contribution in [1.29, 1.82) is 5.26 Å². The first-order valence-electron chi connectivity index (χ1n) is 7.53. The summed E-state index contributed by atoms with van der Waals surface area (Å²) in [6.45, 7) is 1.75. The molecule has 1 fully saturated rings. The summed E-state index contributed by atoms with van der Waals surface area (Å²) in [5.74, 6) is -0.290. The second-order valence-corrected chi connectivity index (χ2v) is 6.14. The van der Waals surface area contributed by atoms with Gasteiger partial charge in [-0.1, -0.05) is 36.4 Å². The van der Waals surface area contributed by atoms with Gasteiger partial charge in [0, 0.05) is 5.56 Å². The van der Waals surface area contributed by atoms with E-state index in [1.54, 1.807) is 13.0 Å². The summed E-state index contributed by atoms with van der Waals surface area (Å²) < 4.78 is 14.4. The summed E-state index contributed by atoms with van der Waals surface area (Å²) in [6.07, 6.45) is 1.83. The molecule has 22 heavy (non-hydrogen) atoms. The molecule has 0 saturated heterocycles. The molecule has 0 aliphatic heterocycles. The number of nitrogens with zero attached hydrogens (tertiary/aromatic N) is 1. The van der Waals surface area contributed by atoms with Crippen molar-refractivity contribution in [2.45, 2.75) is 37.7 Å². The lowest BCUT2D eigenvalue weighted by atomic mass is 9.94. The lowest BCUT2D eigenvalue weighted by molar-refractivity contribution is 0.195. The van der Waals surface area contributed by atoms with E-state index in [0.717, 1.165) is 29.5 Å². The first-order chi connectivity index (χ1) is 10.5. The Balaban J connectivity index is 1.88. The van der Waals surface area contributed by atoms with Gasteiger partial charge in [-0.15, -0.1) is 0 Å². The largest absolute Gasteiger partial charge is 0.393 e. The van der Waals surface area contributed by atoms with Crippen LogP contribution in [0.15, 0.2) is 42.5 Å². The van der Waals surface area contributed by atoms with Crippen molar-refractivity contribution >= 4 is 0 Å². The number of hydrogen-bond donors (Lipinski definition) is 1. The van der Waals surface area contributed by atoms with Gasteiger partial charge in [-0.2, -0.15) is 5.26 Å². The van der Waals surface area contributed by atoms with Crippen molar-refractivity contribution in [3.05, 3.63) is 59.4 Å². The fraction of sp³-hybridized carbons (Fsp3) is 0.316. The van der Waals surface area contributed by atoms with Crippen LogP contribution >= 0.6 is 0 Å². The molecule has 2 aromatic rings. The zero-order valence-corrected chi connectivity index (χ0v) is 12.5. The van der Waals surface area contributed by atoms with Crippen molar-refractivity contribution < 1.29 is 9.50 Å². The van der Waals surface area contributed by atoms with Crippen LogP contribution in [-0.2, 0) is 11.8 Å². The lowest BCUT2D eigenvalue weighted by Crippen LogP contribution is -2.04. The molecule has 0 bridgehead atoms. The van der Waals surface area contributed by atoms with Crippen molar-refractivity contribution in [3.63, 3.8) is 0 Å². The zero-order valence-electron chi connectivity index (χ0n) is 12.5. The zero-order chi connectivity index (χ0) is 15.7. The van der Waals surface area contributed by atoms with Gasteiger partial charge < -0.3 is 5.11 Å². The quantitative estimate of drug-likeness (QED) is 0.927. The van der Waals surface area contributed by atoms with Crippen LogP contribution < -0.4 is 0 Å². The van der Waals surface area contributed by atoms with Gasteiger partial charge in [-0.3, -0.25) is 0 Å². The Morgan fingerprint density at radius 1 is 1.23 bits per heavy atom. The van der Waals surface area contributed by atoms with Crippen LogP contribution in [0.5, 0.6) is 0 Å². The topological polar surface area (TPSA) is 44.0 Å². The van der Waals surface area contributed by atoms with E-state index in [1.165, 1.54) is 6.07 Å². The molecular weight excluding hydrogens is 277 g/mol. The molecule has 1 unspecified atom stereocenters. The van der Waals surface area contributed by atoms with Crippen LogP contribution in [0.25, 0.3) is 11.1 Å². The Labute approximate surface area is 129 Å². The summed E-state index contributed by atoms with van der Waals surface area (Å²) in [7, 11) is 0. The van der Waals surface area contributed by atoms with E-state index in [4.69, 9.17) is 0 Å². The Morgan fingerprint density at radius 2 is 1.91 bits per heavy atom. The molecule has 1 saturated carbocycles. The molecule has 1 aliphatic carbocycles. The minimum Gasteiger partial charge on any atom is -0.393 e. The van der Waals surface area contributed by atoms with Crippen LogP contribution in [0.4, 0.5) is 4.39 Å². The van der Waals surface area contributed by atoms with E-state index in [0.29, 0.717) is 12.0 Å². The van der Waals surface area contributed by atoms with Crippen molar-refractivity contribution in [3.8, 4) is 17.2 Å². The minimum atomic E-state index is -0.458. The highest BCUT2D eigenvalue weighted by Gasteiger charge is 2.45. The highest BCUT2D eigenvalue weighted by Crippen LogP contribution is 2.48. The summed E-state index contributed by atoms with van der Waals surface area (Å²) in [5, 5.41) is 18.6. The monoisotopic (exact) mass is 295 g/mol. The van der Waals surface area contributed by atoms with Crippen LogP contribution in [-0.4, -0.2) is 11.2 Å². The highest BCUT2D eigenvalue weighted by atomic mass is 19.1. The standard InChI is InChI=1S/C19H18FNO/c1-13(22)10-14-2-4-15(5-3-14)17-7-6-16(11-18(17)20)19(12-21)8-9-19/h2-7,11,13,22H,8-10H2,1H3. The first kappa shape index (κ1) is 14.7. The van der Waals surface area contributed by atoms with E-state index in [-0.39, 0.29) is 11.9 Å². The lowest BCUT2D eigenvalue weighted by Gasteiger charge is -2.10. The van der Waals surface area contributed by atoms with Crippen LogP contribution in [0.3, 0.4) is 0 Å². The van der Waals surface area contributed by atoms with Gasteiger partial charge in [0.05, 0.1) is 17.6 Å². The van der Waals surface area contributed by atoms with Gasteiger partial charge in [0.2, 0.25) is 0 Å². The molecule has 0 aromatic heterocycles. The molecule has 112 valence electrons. The maximum absolute atomic E-state index is 14.4. The van der Waals surface area contributed by atoms with Crippen molar-refractivity contribution in [1.82, 2.24) is 0 Å². The van der Waals surface area contributed by atoms with Crippen LogP contribution in [0.2, 0.25) is 0 Å². The molecular formula is C19H18FNO. The van der Waals surface area contributed by atoms with Gasteiger partial charge in [-0.05, 0) is 48.9 Å². The van der Waals surface area contributed by atoms with Crippen molar-refractivity contribution in [2.75, 3.05) is 0 Å². The summed E-state index contributed by atoms with van der Waals surface area (Å²) in [5.41, 5.74) is 2.70. The number of benzene rings is 2. The SMILES string of the molecule is CC(O)Cc1ccc(-c2ccc(C3(C#N)CC3)cc2F)cc1. The van der Waals surface area contributed by atoms with Crippen LogP contribution in [0, 0.1) is 17.1 Å². The fourth-order valence-corrected chi connectivity index (χ4v) is 2.80. The normalized spacial score (nSPS) is 16.8. The number of hydrogen-bond acceptors (Lipinski definition) is 2. The number of rotatable bonds is 4. The second kappa shape index (κ2) is 5.55. The molecule has 1 N–H and O–H groups in total. The minimum absolute atomic E-state index is 0.290. The Hall–Kier alpha value is -2.18. The second-order valence-electron chi connectivity index (χ2n) is 6.14. The number of aliphatic hydroxyl groups excluding tert-OH is 1. The molecule has 3 heteroatoms. The van der Waals surface area contributed by atoms with Gasteiger partial charge in [0.15, 0.2) is 0 Å². The maximum atomic E-state index is 14.4. The van der Waals surface area contributed by atoms with Gasteiger partial charge in [0.25, 0.3) is 0 Å². The predicted octanol–water partition coefficient (Wildman–Crippen LogP) is 3.97. The molecule has 0 radical (unpaired) electrons. The molecule has 1 aliphatic rings. The van der Waals surface area contributed by atoms with E-state index in [1.807, 2.05) is 30.3 Å². The highest BCUT2D eigenvalue weighted by molar-refractivity contribution is 5.65. The van der Waals surface area contributed by atoms with Crippen LogP contribution in [0.1, 0.15) is 30.9 Å². The first-order valence-corrected chi connectivity index (χ1v) is 7.53. The smallest absolute Gasteiger partial charge is 0.131 e. The third-order valence-electron chi connectivity index (χ3n) is 4.28. The molecule has 0 spiro atoms. The van der Waals surface area contributed by atoms with Gasteiger partial charge >= 0.3 is 0 Å². The summed E-state index contributed by atoms with van der Waals surface area (Å²) in [4.78, 5) is 0. The molecule has 3 rings (SSSR count). The van der Waals surface area contributed by atoms with Gasteiger partial charge in [0.1, 0.15) is 5.82 Å².